The molecule has 0 unspecified atom stereocenters. The Bertz CT molecular complexity index is 734. The molecular formula is C13H14N2O5S. The van der Waals surface area contributed by atoms with E-state index in [1.54, 1.807) is 24.3 Å². The van der Waals surface area contributed by atoms with Crippen molar-refractivity contribution in [3.63, 3.8) is 0 Å². The molecule has 0 amide bonds. The predicted octanol–water partition coefficient (Wildman–Crippen LogP) is 1.96. The van der Waals surface area contributed by atoms with Crippen LogP contribution in [0.15, 0.2) is 41.0 Å². The fraction of sp³-hybridized carbons (Fsp3) is 0.154. The summed E-state index contributed by atoms with van der Waals surface area (Å²) in [4.78, 5) is 10.7. The maximum Gasteiger partial charge on any atom is 0.338 e. The first kappa shape index (κ1) is 14.9. The molecule has 0 atom stereocenters. The highest BCUT2D eigenvalue weighted by atomic mass is 32.2. The number of rotatable bonds is 6. The number of anilines is 2. The predicted molar refractivity (Wildman–Crippen MR) is 77.9 cm³/mol. The molecule has 0 fully saturated rings. The summed E-state index contributed by atoms with van der Waals surface area (Å²) in [7, 11) is -3.29. The van der Waals surface area contributed by atoms with Crippen LogP contribution in [0.4, 0.5) is 11.4 Å². The van der Waals surface area contributed by atoms with Gasteiger partial charge in [-0.25, -0.2) is 13.2 Å². The lowest BCUT2D eigenvalue weighted by Crippen LogP contribution is -2.09. The van der Waals surface area contributed by atoms with E-state index in [2.05, 4.69) is 10.0 Å². The number of hydrogen-bond donors (Lipinski definition) is 3. The summed E-state index contributed by atoms with van der Waals surface area (Å²) in [5.41, 5.74) is 1.32. The van der Waals surface area contributed by atoms with E-state index in [1.165, 1.54) is 12.3 Å². The van der Waals surface area contributed by atoms with Crippen LogP contribution in [0.25, 0.3) is 0 Å². The Hall–Kier alpha value is -2.48. The lowest BCUT2D eigenvalue weighted by Gasteiger charge is -2.07. The number of aromatic carboxylic acids is 1. The van der Waals surface area contributed by atoms with Crippen LogP contribution in [0.3, 0.4) is 0 Å². The highest BCUT2D eigenvalue weighted by molar-refractivity contribution is 7.92. The summed E-state index contributed by atoms with van der Waals surface area (Å²) in [5.74, 6) is -0.549. The minimum absolute atomic E-state index is 0.0968. The third kappa shape index (κ3) is 4.53. The Labute approximate surface area is 121 Å². The largest absolute Gasteiger partial charge is 0.478 e. The smallest absolute Gasteiger partial charge is 0.338 e. The van der Waals surface area contributed by atoms with Crippen LogP contribution in [0, 0.1) is 0 Å². The number of furan rings is 1. The molecule has 1 aromatic heterocycles. The highest BCUT2D eigenvalue weighted by Gasteiger charge is 2.08. The average Bonchev–Trinajstić information content (AvgIpc) is 2.85. The maximum absolute atomic E-state index is 11.1. The first-order valence-corrected chi connectivity index (χ1v) is 7.85. The maximum atomic E-state index is 11.1. The fourth-order valence-corrected chi connectivity index (χ4v) is 2.21. The van der Waals surface area contributed by atoms with E-state index in [9.17, 15) is 13.2 Å². The molecule has 0 radical (unpaired) electrons. The van der Waals surface area contributed by atoms with Gasteiger partial charge in [0.05, 0.1) is 18.4 Å². The van der Waals surface area contributed by atoms with Gasteiger partial charge in [0, 0.05) is 11.4 Å². The monoisotopic (exact) mass is 310 g/mol. The normalized spacial score (nSPS) is 11.1. The van der Waals surface area contributed by atoms with Crippen LogP contribution in [0.1, 0.15) is 16.1 Å². The van der Waals surface area contributed by atoms with Gasteiger partial charge in [-0.1, -0.05) is 0 Å². The molecule has 112 valence electrons. The third-order valence-corrected chi connectivity index (χ3v) is 3.16. The summed E-state index contributed by atoms with van der Waals surface area (Å²) >= 11 is 0. The minimum Gasteiger partial charge on any atom is -0.478 e. The van der Waals surface area contributed by atoms with Crippen LogP contribution in [0.5, 0.6) is 0 Å². The van der Waals surface area contributed by atoms with Gasteiger partial charge in [0.2, 0.25) is 10.0 Å². The second-order valence-corrected chi connectivity index (χ2v) is 6.16. The SMILES string of the molecule is CS(=O)(=O)Nc1ccc(NCc2cc(C(=O)O)co2)cc1. The van der Waals surface area contributed by atoms with Crippen LogP contribution in [-0.4, -0.2) is 25.7 Å². The molecule has 0 aliphatic heterocycles. The second-order valence-electron chi connectivity index (χ2n) is 4.41. The van der Waals surface area contributed by atoms with Gasteiger partial charge in [0.1, 0.15) is 12.0 Å². The molecule has 2 rings (SSSR count). The van der Waals surface area contributed by atoms with Crippen molar-refractivity contribution in [1.82, 2.24) is 0 Å². The molecule has 1 heterocycles. The van der Waals surface area contributed by atoms with Gasteiger partial charge in [0.15, 0.2) is 0 Å². The molecular weight excluding hydrogens is 296 g/mol. The molecule has 0 spiro atoms. The van der Waals surface area contributed by atoms with Gasteiger partial charge in [0.25, 0.3) is 0 Å². The van der Waals surface area contributed by atoms with E-state index in [-0.39, 0.29) is 5.56 Å². The molecule has 0 saturated heterocycles. The van der Waals surface area contributed by atoms with Crippen molar-refractivity contribution in [1.29, 1.82) is 0 Å². The molecule has 3 N–H and O–H groups in total. The second kappa shape index (κ2) is 5.88. The fourth-order valence-electron chi connectivity index (χ4n) is 1.64. The Kier molecular flexibility index (Phi) is 4.18. The molecule has 0 aliphatic rings. The van der Waals surface area contributed by atoms with Crippen molar-refractivity contribution < 1.29 is 22.7 Å². The summed E-state index contributed by atoms with van der Waals surface area (Å²) in [6, 6.07) is 8.08. The molecule has 8 heteroatoms. The molecule has 0 aliphatic carbocycles. The average molecular weight is 310 g/mol. The Morgan fingerprint density at radius 1 is 1.24 bits per heavy atom. The van der Waals surface area contributed by atoms with Gasteiger partial charge in [-0.15, -0.1) is 0 Å². The van der Waals surface area contributed by atoms with Gasteiger partial charge < -0.3 is 14.8 Å². The van der Waals surface area contributed by atoms with E-state index in [1.807, 2.05) is 0 Å². The first-order valence-electron chi connectivity index (χ1n) is 5.96. The van der Waals surface area contributed by atoms with Crippen LogP contribution in [-0.2, 0) is 16.6 Å². The van der Waals surface area contributed by atoms with E-state index in [0.29, 0.717) is 18.0 Å². The van der Waals surface area contributed by atoms with E-state index in [0.717, 1.165) is 11.9 Å². The number of carboxylic acids is 1. The van der Waals surface area contributed by atoms with Crippen molar-refractivity contribution in [3.8, 4) is 0 Å². The van der Waals surface area contributed by atoms with Crippen LogP contribution in [0.2, 0.25) is 0 Å². The Morgan fingerprint density at radius 3 is 2.38 bits per heavy atom. The summed E-state index contributed by atoms with van der Waals surface area (Å²) in [5, 5.41) is 11.8. The lowest BCUT2D eigenvalue weighted by molar-refractivity contribution is 0.0696. The van der Waals surface area contributed by atoms with E-state index in [4.69, 9.17) is 9.52 Å². The Morgan fingerprint density at radius 2 is 1.86 bits per heavy atom. The van der Waals surface area contributed by atoms with Gasteiger partial charge >= 0.3 is 5.97 Å². The zero-order valence-corrected chi connectivity index (χ0v) is 12.0. The van der Waals surface area contributed by atoms with Gasteiger partial charge in [-0.2, -0.15) is 0 Å². The number of carbonyl (C=O) groups is 1. The summed E-state index contributed by atoms with van der Waals surface area (Å²) in [6.07, 6.45) is 2.26. The number of benzene rings is 1. The van der Waals surface area contributed by atoms with Crippen LogP contribution < -0.4 is 10.0 Å². The van der Waals surface area contributed by atoms with Crippen molar-refractivity contribution in [3.05, 3.63) is 47.9 Å². The zero-order valence-electron chi connectivity index (χ0n) is 11.2. The number of sulfonamides is 1. The summed E-state index contributed by atoms with van der Waals surface area (Å²) in [6.45, 7) is 0.326. The molecule has 7 nitrogen and oxygen atoms in total. The van der Waals surface area contributed by atoms with E-state index < -0.39 is 16.0 Å². The Balaban J connectivity index is 1.95. The topological polar surface area (TPSA) is 109 Å². The minimum atomic E-state index is -3.29. The number of carboxylic acid groups (broad SMARTS) is 1. The zero-order chi connectivity index (χ0) is 15.5. The quantitative estimate of drug-likeness (QED) is 0.752. The number of hydrogen-bond acceptors (Lipinski definition) is 5. The van der Waals surface area contributed by atoms with Gasteiger partial charge in [-0.05, 0) is 30.3 Å². The van der Waals surface area contributed by atoms with Gasteiger partial charge in [-0.3, -0.25) is 4.72 Å². The van der Waals surface area contributed by atoms with Crippen molar-refractivity contribution in [2.24, 2.45) is 0 Å². The lowest BCUT2D eigenvalue weighted by atomic mass is 10.2. The third-order valence-electron chi connectivity index (χ3n) is 2.56. The molecule has 0 saturated carbocycles. The molecule has 1 aromatic carbocycles. The molecule has 0 bridgehead atoms. The van der Waals surface area contributed by atoms with Crippen molar-refractivity contribution in [2.75, 3.05) is 16.3 Å². The summed E-state index contributed by atoms with van der Waals surface area (Å²) < 4.78 is 29.6. The molecule has 2 aromatic rings. The number of nitrogens with one attached hydrogen (secondary N) is 2. The highest BCUT2D eigenvalue weighted by Crippen LogP contribution is 2.16. The van der Waals surface area contributed by atoms with Crippen LogP contribution >= 0.6 is 0 Å². The first-order chi connectivity index (χ1) is 9.83. The van der Waals surface area contributed by atoms with E-state index >= 15 is 0 Å². The molecule has 21 heavy (non-hydrogen) atoms. The standard InChI is InChI=1S/C13H14N2O5S/c1-21(18,19)15-11-4-2-10(3-5-11)14-7-12-6-9(8-20-12)13(16)17/h2-6,8,14-15H,7H2,1H3,(H,16,17). The van der Waals surface area contributed by atoms with Crippen molar-refractivity contribution >= 4 is 27.4 Å². The van der Waals surface area contributed by atoms with Crippen molar-refractivity contribution in [2.45, 2.75) is 6.54 Å².